The summed E-state index contributed by atoms with van der Waals surface area (Å²) in [5.74, 6) is -0.788. The lowest BCUT2D eigenvalue weighted by Crippen LogP contribution is -2.21. The van der Waals surface area contributed by atoms with Crippen molar-refractivity contribution in [2.24, 2.45) is 0 Å². The summed E-state index contributed by atoms with van der Waals surface area (Å²) in [7, 11) is 1.62. The zero-order valence-electron chi connectivity index (χ0n) is 9.61. The fraction of sp³-hybridized carbons (Fsp3) is 0.455. The average Bonchev–Trinajstić information content (AvgIpc) is 2.28. The van der Waals surface area contributed by atoms with Gasteiger partial charge >= 0.3 is 5.69 Å². The summed E-state index contributed by atoms with van der Waals surface area (Å²) in [6, 6.07) is 3.97. The summed E-state index contributed by atoms with van der Waals surface area (Å²) < 4.78 is 18.1. The monoisotopic (exact) mass is 242 g/mol. The fourth-order valence-corrected chi connectivity index (χ4v) is 1.39. The highest BCUT2D eigenvalue weighted by Gasteiger charge is 2.13. The van der Waals surface area contributed by atoms with Crippen LogP contribution >= 0.6 is 0 Å². The van der Waals surface area contributed by atoms with Crippen LogP contribution in [0.5, 0.6) is 0 Å². The van der Waals surface area contributed by atoms with E-state index in [2.05, 4.69) is 5.32 Å². The van der Waals surface area contributed by atoms with Crippen molar-refractivity contribution in [2.45, 2.75) is 6.42 Å². The summed E-state index contributed by atoms with van der Waals surface area (Å²) >= 11 is 0. The lowest BCUT2D eigenvalue weighted by atomic mass is 10.1. The van der Waals surface area contributed by atoms with Gasteiger partial charge in [-0.25, -0.2) is 0 Å². The largest absolute Gasteiger partial charge is 0.383 e. The second-order valence-corrected chi connectivity index (χ2v) is 3.54. The van der Waals surface area contributed by atoms with Crippen molar-refractivity contribution in [3.05, 3.63) is 39.7 Å². The van der Waals surface area contributed by atoms with Crippen LogP contribution in [0.4, 0.5) is 10.1 Å². The molecule has 1 rings (SSSR count). The Balaban J connectivity index is 2.45. The molecule has 0 spiro atoms. The number of nitro benzene ring substituents is 1. The lowest BCUT2D eigenvalue weighted by molar-refractivity contribution is -0.387. The van der Waals surface area contributed by atoms with Gasteiger partial charge in [0.1, 0.15) is 0 Å². The topological polar surface area (TPSA) is 64.4 Å². The minimum Gasteiger partial charge on any atom is -0.383 e. The van der Waals surface area contributed by atoms with Gasteiger partial charge < -0.3 is 10.1 Å². The van der Waals surface area contributed by atoms with Crippen LogP contribution in [0.25, 0.3) is 0 Å². The molecule has 5 nitrogen and oxygen atoms in total. The number of hydrogen-bond donors (Lipinski definition) is 1. The van der Waals surface area contributed by atoms with Crippen molar-refractivity contribution in [1.29, 1.82) is 0 Å². The van der Waals surface area contributed by atoms with Gasteiger partial charge in [0, 0.05) is 19.7 Å². The average molecular weight is 242 g/mol. The highest BCUT2D eigenvalue weighted by Crippen LogP contribution is 2.17. The molecule has 1 N–H and O–H groups in total. The molecule has 1 aromatic rings. The van der Waals surface area contributed by atoms with Gasteiger partial charge in [-0.2, -0.15) is 4.39 Å². The molecule has 94 valence electrons. The molecule has 0 fully saturated rings. The Morgan fingerprint density at radius 1 is 1.47 bits per heavy atom. The molecule has 0 aliphatic carbocycles. The van der Waals surface area contributed by atoms with E-state index in [1.807, 2.05) is 0 Å². The highest BCUT2D eigenvalue weighted by atomic mass is 19.1. The number of benzene rings is 1. The van der Waals surface area contributed by atoms with Crippen LogP contribution in [-0.4, -0.2) is 31.7 Å². The normalized spacial score (nSPS) is 10.5. The maximum Gasteiger partial charge on any atom is 0.304 e. The fourth-order valence-electron chi connectivity index (χ4n) is 1.39. The van der Waals surface area contributed by atoms with Crippen LogP contribution in [0.3, 0.4) is 0 Å². The first-order chi connectivity index (χ1) is 8.15. The minimum absolute atomic E-state index is 0.485. The van der Waals surface area contributed by atoms with Crippen molar-refractivity contribution >= 4 is 5.69 Å². The Morgan fingerprint density at radius 2 is 2.24 bits per heavy atom. The summed E-state index contributed by atoms with van der Waals surface area (Å²) in [6.45, 7) is 2.03. The van der Waals surface area contributed by atoms with E-state index in [9.17, 15) is 14.5 Å². The summed E-state index contributed by atoms with van der Waals surface area (Å²) in [5.41, 5.74) is 0.249. The van der Waals surface area contributed by atoms with Crippen LogP contribution in [0, 0.1) is 15.9 Å². The first-order valence-corrected chi connectivity index (χ1v) is 5.27. The molecular weight excluding hydrogens is 227 g/mol. The predicted octanol–water partition coefficient (Wildman–Crippen LogP) is 1.51. The predicted molar refractivity (Wildman–Crippen MR) is 61.5 cm³/mol. The van der Waals surface area contributed by atoms with E-state index >= 15 is 0 Å². The maximum absolute atomic E-state index is 13.2. The second-order valence-electron chi connectivity index (χ2n) is 3.54. The summed E-state index contributed by atoms with van der Waals surface area (Å²) in [4.78, 5) is 9.68. The number of halogens is 1. The first kappa shape index (κ1) is 13.5. The van der Waals surface area contributed by atoms with Gasteiger partial charge in [0.25, 0.3) is 0 Å². The Labute approximate surface area is 98.7 Å². The van der Waals surface area contributed by atoms with Crippen LogP contribution in [-0.2, 0) is 11.2 Å². The maximum atomic E-state index is 13.2. The van der Waals surface area contributed by atoms with E-state index in [-0.39, 0.29) is 0 Å². The van der Waals surface area contributed by atoms with Crippen molar-refractivity contribution in [1.82, 2.24) is 5.32 Å². The number of nitro groups is 1. The Bertz CT molecular complexity index is 385. The summed E-state index contributed by atoms with van der Waals surface area (Å²) in [5, 5.41) is 13.5. The Morgan fingerprint density at radius 3 is 2.82 bits per heavy atom. The third kappa shape index (κ3) is 4.46. The van der Waals surface area contributed by atoms with E-state index in [4.69, 9.17) is 4.74 Å². The highest BCUT2D eigenvalue weighted by molar-refractivity contribution is 5.35. The molecule has 0 bridgehead atoms. The number of nitrogens with zero attached hydrogens (tertiary/aromatic N) is 1. The number of nitrogens with one attached hydrogen (secondary N) is 1. The molecule has 17 heavy (non-hydrogen) atoms. The van der Waals surface area contributed by atoms with E-state index in [0.717, 1.165) is 12.1 Å². The van der Waals surface area contributed by atoms with Gasteiger partial charge in [0.15, 0.2) is 0 Å². The molecule has 0 amide bonds. The zero-order valence-corrected chi connectivity index (χ0v) is 9.61. The summed E-state index contributed by atoms with van der Waals surface area (Å²) in [6.07, 6.45) is 0.624. The van der Waals surface area contributed by atoms with Crippen molar-refractivity contribution in [3.63, 3.8) is 0 Å². The Hall–Kier alpha value is -1.53. The first-order valence-electron chi connectivity index (χ1n) is 5.27. The van der Waals surface area contributed by atoms with Crippen LogP contribution in [0.1, 0.15) is 5.56 Å². The molecule has 0 aliphatic rings. The molecule has 0 unspecified atom stereocenters. The van der Waals surface area contributed by atoms with Gasteiger partial charge in [0.05, 0.1) is 11.5 Å². The molecule has 1 aromatic carbocycles. The number of ether oxygens (including phenoxy) is 1. The molecule has 0 aliphatic heterocycles. The van der Waals surface area contributed by atoms with E-state index < -0.39 is 16.4 Å². The molecule has 6 heteroatoms. The van der Waals surface area contributed by atoms with Crippen molar-refractivity contribution in [2.75, 3.05) is 26.8 Å². The number of rotatable bonds is 7. The number of methoxy groups -OCH3 is 1. The van der Waals surface area contributed by atoms with Crippen LogP contribution in [0.15, 0.2) is 18.2 Å². The van der Waals surface area contributed by atoms with Gasteiger partial charge in [-0.05, 0) is 24.6 Å². The van der Waals surface area contributed by atoms with Crippen molar-refractivity contribution in [3.8, 4) is 0 Å². The molecule has 0 aromatic heterocycles. The Kier molecular flexibility index (Phi) is 5.51. The van der Waals surface area contributed by atoms with Crippen molar-refractivity contribution < 1.29 is 14.1 Å². The third-order valence-electron chi connectivity index (χ3n) is 2.28. The molecule has 0 saturated heterocycles. The molecule has 0 radical (unpaired) electrons. The van der Waals surface area contributed by atoms with Crippen LogP contribution < -0.4 is 5.32 Å². The molecule has 0 heterocycles. The van der Waals surface area contributed by atoms with Gasteiger partial charge in [-0.3, -0.25) is 10.1 Å². The van der Waals surface area contributed by atoms with Crippen LogP contribution in [0.2, 0.25) is 0 Å². The zero-order chi connectivity index (χ0) is 12.7. The van der Waals surface area contributed by atoms with E-state index in [0.29, 0.717) is 19.6 Å². The van der Waals surface area contributed by atoms with E-state index in [1.165, 1.54) is 12.1 Å². The lowest BCUT2D eigenvalue weighted by Gasteiger charge is -2.04. The quantitative estimate of drug-likeness (QED) is 0.447. The minimum atomic E-state index is -0.788. The van der Waals surface area contributed by atoms with Gasteiger partial charge in [-0.15, -0.1) is 0 Å². The van der Waals surface area contributed by atoms with Gasteiger partial charge in [-0.1, -0.05) is 6.07 Å². The standard InChI is InChI=1S/C11H15FN2O3/c1-17-7-6-13-5-4-9-2-3-11(14(15)16)10(12)8-9/h2-3,8,13H,4-7H2,1H3. The van der Waals surface area contributed by atoms with E-state index in [1.54, 1.807) is 13.2 Å². The smallest absolute Gasteiger partial charge is 0.304 e. The molecule has 0 atom stereocenters. The second kappa shape index (κ2) is 6.93. The SMILES string of the molecule is COCCNCCc1ccc([N+](=O)[O-])c(F)c1. The number of hydrogen-bond acceptors (Lipinski definition) is 4. The molecular formula is C11H15FN2O3. The third-order valence-corrected chi connectivity index (χ3v) is 2.28. The van der Waals surface area contributed by atoms with Gasteiger partial charge in [0.2, 0.25) is 5.82 Å². The molecule has 0 saturated carbocycles.